The maximum absolute atomic E-state index is 12.0. The molecule has 1 saturated heterocycles. The molecule has 0 spiro atoms. The molecule has 1 fully saturated rings. The Morgan fingerprint density at radius 1 is 1.52 bits per heavy atom. The third-order valence-electron chi connectivity index (χ3n) is 3.68. The summed E-state index contributed by atoms with van der Waals surface area (Å²) < 4.78 is 1.66. The van der Waals surface area contributed by atoms with E-state index in [0.717, 1.165) is 37.3 Å². The van der Waals surface area contributed by atoms with Crippen LogP contribution in [0.5, 0.6) is 0 Å². The molecule has 112 valence electrons. The lowest BCUT2D eigenvalue weighted by Gasteiger charge is -2.19. The van der Waals surface area contributed by atoms with Crippen LogP contribution >= 0.6 is 11.3 Å². The maximum atomic E-state index is 12.0. The zero-order valence-corrected chi connectivity index (χ0v) is 12.8. The van der Waals surface area contributed by atoms with Crippen LogP contribution in [-0.4, -0.2) is 33.8 Å². The number of thiophene rings is 1. The van der Waals surface area contributed by atoms with E-state index in [0.29, 0.717) is 18.3 Å². The second-order valence-electron chi connectivity index (χ2n) is 5.30. The van der Waals surface area contributed by atoms with Gasteiger partial charge in [-0.1, -0.05) is 0 Å². The first-order valence-corrected chi connectivity index (χ1v) is 8.09. The van der Waals surface area contributed by atoms with Crippen molar-refractivity contribution in [3.05, 3.63) is 28.2 Å². The molecule has 0 aliphatic carbocycles. The summed E-state index contributed by atoms with van der Waals surface area (Å²) in [4.78, 5) is 16.5. The zero-order valence-electron chi connectivity index (χ0n) is 12.0. The molecular weight excluding hydrogens is 286 g/mol. The van der Waals surface area contributed by atoms with Crippen LogP contribution in [0, 0.1) is 0 Å². The Morgan fingerprint density at radius 2 is 2.33 bits per heavy atom. The van der Waals surface area contributed by atoms with Crippen LogP contribution in [0.25, 0.3) is 0 Å². The summed E-state index contributed by atoms with van der Waals surface area (Å²) in [6, 6.07) is 1.96. The van der Waals surface area contributed by atoms with E-state index in [9.17, 15) is 4.79 Å². The van der Waals surface area contributed by atoms with Gasteiger partial charge in [0.15, 0.2) is 5.82 Å². The molecule has 1 amide bonds. The molecule has 0 radical (unpaired) electrons. The van der Waals surface area contributed by atoms with Gasteiger partial charge in [0.05, 0.1) is 6.42 Å². The Labute approximate surface area is 127 Å². The highest BCUT2D eigenvalue weighted by molar-refractivity contribution is 7.08. The molecule has 21 heavy (non-hydrogen) atoms. The number of nitrogens with zero attached hydrogens (tertiary/aromatic N) is 3. The highest BCUT2D eigenvalue weighted by Crippen LogP contribution is 2.23. The third-order valence-corrected chi connectivity index (χ3v) is 4.41. The summed E-state index contributed by atoms with van der Waals surface area (Å²) >= 11 is 1.59. The van der Waals surface area contributed by atoms with Crippen LogP contribution in [0.15, 0.2) is 16.8 Å². The van der Waals surface area contributed by atoms with Crippen molar-refractivity contribution in [2.75, 3.05) is 18.4 Å². The molecule has 0 bridgehead atoms. The molecule has 1 aliphatic rings. The first kappa shape index (κ1) is 14.2. The largest absolute Gasteiger partial charge is 0.317 e. The van der Waals surface area contributed by atoms with Gasteiger partial charge in [0.2, 0.25) is 11.9 Å². The number of carbonyl (C=O) groups is 1. The Balaban J connectivity index is 1.65. The van der Waals surface area contributed by atoms with Crippen molar-refractivity contribution in [3.63, 3.8) is 0 Å². The Kier molecular flexibility index (Phi) is 4.31. The summed E-state index contributed by atoms with van der Waals surface area (Å²) in [5.41, 5.74) is 1.03. The predicted octanol–water partition coefficient (Wildman–Crippen LogP) is 1.52. The number of amides is 1. The molecule has 3 rings (SSSR count). The van der Waals surface area contributed by atoms with Gasteiger partial charge in [-0.25, -0.2) is 4.68 Å². The van der Waals surface area contributed by atoms with E-state index in [1.54, 1.807) is 16.0 Å². The van der Waals surface area contributed by atoms with Crippen molar-refractivity contribution in [3.8, 4) is 0 Å². The molecule has 2 aromatic rings. The van der Waals surface area contributed by atoms with Gasteiger partial charge >= 0.3 is 0 Å². The second kappa shape index (κ2) is 6.36. The number of rotatable bonds is 4. The monoisotopic (exact) mass is 305 g/mol. The molecule has 2 aromatic heterocycles. The maximum Gasteiger partial charge on any atom is 0.231 e. The molecule has 7 heteroatoms. The average Bonchev–Trinajstić information content (AvgIpc) is 3.11. The van der Waals surface area contributed by atoms with Crippen molar-refractivity contribution in [1.29, 1.82) is 0 Å². The lowest BCUT2D eigenvalue weighted by atomic mass is 9.98. The summed E-state index contributed by atoms with van der Waals surface area (Å²) in [5.74, 6) is 1.70. The fraction of sp³-hybridized carbons (Fsp3) is 0.500. The molecule has 0 atom stereocenters. The fourth-order valence-corrected chi connectivity index (χ4v) is 3.18. The fourth-order valence-electron chi connectivity index (χ4n) is 2.51. The van der Waals surface area contributed by atoms with E-state index in [-0.39, 0.29) is 5.91 Å². The van der Waals surface area contributed by atoms with Gasteiger partial charge in [-0.3, -0.25) is 10.1 Å². The molecule has 6 nitrogen and oxygen atoms in total. The van der Waals surface area contributed by atoms with E-state index in [4.69, 9.17) is 0 Å². The molecule has 2 N–H and O–H groups in total. The van der Waals surface area contributed by atoms with E-state index in [2.05, 4.69) is 20.7 Å². The Hall–Kier alpha value is -1.73. The van der Waals surface area contributed by atoms with Crippen LogP contribution in [0.4, 0.5) is 5.95 Å². The number of aryl methyl sites for hydroxylation is 1. The Bertz CT molecular complexity index is 601. The minimum Gasteiger partial charge on any atom is -0.317 e. The summed E-state index contributed by atoms with van der Waals surface area (Å²) in [5, 5.41) is 14.6. The number of hydrogen-bond donors (Lipinski definition) is 2. The molecule has 0 saturated carbocycles. The lowest BCUT2D eigenvalue weighted by Crippen LogP contribution is -2.27. The van der Waals surface area contributed by atoms with Crippen LogP contribution in [0.1, 0.15) is 30.1 Å². The zero-order chi connectivity index (χ0) is 14.7. The topological polar surface area (TPSA) is 71.8 Å². The number of hydrogen-bond acceptors (Lipinski definition) is 5. The highest BCUT2D eigenvalue weighted by Gasteiger charge is 2.21. The summed E-state index contributed by atoms with van der Waals surface area (Å²) in [6.45, 7) is 2.01. The summed E-state index contributed by atoms with van der Waals surface area (Å²) in [7, 11) is 1.82. The Morgan fingerprint density at radius 3 is 3.05 bits per heavy atom. The smallest absolute Gasteiger partial charge is 0.231 e. The highest BCUT2D eigenvalue weighted by atomic mass is 32.1. The number of carbonyl (C=O) groups excluding carboxylic acids is 1. The molecule has 3 heterocycles. The number of piperidine rings is 1. The first-order chi connectivity index (χ1) is 10.2. The third kappa shape index (κ3) is 3.48. The van der Waals surface area contributed by atoms with Crippen LogP contribution in [0.3, 0.4) is 0 Å². The molecule has 0 aromatic carbocycles. The van der Waals surface area contributed by atoms with Gasteiger partial charge in [-0.05, 0) is 48.3 Å². The molecule has 1 aliphatic heterocycles. The van der Waals surface area contributed by atoms with Gasteiger partial charge in [0.1, 0.15) is 0 Å². The minimum atomic E-state index is -0.0549. The van der Waals surface area contributed by atoms with E-state index in [1.165, 1.54) is 0 Å². The molecule has 0 unspecified atom stereocenters. The van der Waals surface area contributed by atoms with Crippen LogP contribution < -0.4 is 10.6 Å². The van der Waals surface area contributed by atoms with Gasteiger partial charge in [-0.2, -0.15) is 21.4 Å². The average molecular weight is 305 g/mol. The van der Waals surface area contributed by atoms with Crippen molar-refractivity contribution in [1.82, 2.24) is 20.1 Å². The molecular formula is C14H19N5OS. The standard InChI is InChI=1S/C14H19N5OS/c1-19-14(16-12(20)8-10-4-7-21-9-10)17-13(18-19)11-2-5-15-6-3-11/h4,7,9,11,15H,2-3,5-6,8H2,1H3,(H,16,17,18,20). The van der Waals surface area contributed by atoms with Gasteiger partial charge in [-0.15, -0.1) is 0 Å². The second-order valence-corrected chi connectivity index (χ2v) is 6.08. The number of nitrogens with one attached hydrogen (secondary N) is 2. The first-order valence-electron chi connectivity index (χ1n) is 7.15. The lowest BCUT2D eigenvalue weighted by molar-refractivity contribution is -0.115. The summed E-state index contributed by atoms with van der Waals surface area (Å²) in [6.07, 6.45) is 2.47. The van der Waals surface area contributed by atoms with E-state index in [1.807, 2.05) is 23.9 Å². The van der Waals surface area contributed by atoms with E-state index < -0.39 is 0 Å². The van der Waals surface area contributed by atoms with Gasteiger partial charge < -0.3 is 5.32 Å². The van der Waals surface area contributed by atoms with Crippen molar-refractivity contribution >= 4 is 23.2 Å². The minimum absolute atomic E-state index is 0.0549. The quantitative estimate of drug-likeness (QED) is 0.898. The van der Waals surface area contributed by atoms with Crippen LogP contribution in [-0.2, 0) is 18.3 Å². The van der Waals surface area contributed by atoms with E-state index >= 15 is 0 Å². The van der Waals surface area contributed by atoms with Crippen molar-refractivity contribution < 1.29 is 4.79 Å². The predicted molar refractivity (Wildman–Crippen MR) is 82.5 cm³/mol. The SMILES string of the molecule is Cn1nc(C2CCNCC2)nc1NC(=O)Cc1ccsc1. The van der Waals surface area contributed by atoms with Gasteiger partial charge in [0.25, 0.3) is 0 Å². The normalized spacial score (nSPS) is 16.0. The van der Waals surface area contributed by atoms with Crippen molar-refractivity contribution in [2.45, 2.75) is 25.2 Å². The number of anilines is 1. The van der Waals surface area contributed by atoms with Crippen LogP contribution in [0.2, 0.25) is 0 Å². The van der Waals surface area contributed by atoms with Crippen molar-refractivity contribution in [2.24, 2.45) is 7.05 Å². The van der Waals surface area contributed by atoms with Gasteiger partial charge in [0, 0.05) is 13.0 Å². The number of aromatic nitrogens is 3.